The van der Waals surface area contributed by atoms with Gasteiger partial charge < -0.3 is 9.52 Å². The van der Waals surface area contributed by atoms with Gasteiger partial charge in [0.1, 0.15) is 0 Å². The number of aliphatic carboxylic acids is 1. The molecule has 1 N–H and O–H groups in total. The highest BCUT2D eigenvalue weighted by atomic mass is 16.4. The van der Waals surface area contributed by atoms with Crippen molar-refractivity contribution in [2.24, 2.45) is 5.41 Å². The third-order valence-electron chi connectivity index (χ3n) is 3.69. The van der Waals surface area contributed by atoms with E-state index in [1.54, 1.807) is 12.5 Å². The zero-order valence-corrected chi connectivity index (χ0v) is 9.93. The summed E-state index contributed by atoms with van der Waals surface area (Å²) in [7, 11) is 0. The summed E-state index contributed by atoms with van der Waals surface area (Å²) in [5.41, 5.74) is 2.63. The predicted octanol–water partition coefficient (Wildman–Crippen LogP) is 3.35. The minimum absolute atomic E-state index is 0.528. The largest absolute Gasteiger partial charge is 0.481 e. The monoisotopic (exact) mass is 242 g/mol. The Morgan fingerprint density at radius 3 is 2.67 bits per heavy atom. The van der Waals surface area contributed by atoms with Crippen molar-refractivity contribution in [1.29, 1.82) is 0 Å². The van der Waals surface area contributed by atoms with Crippen LogP contribution in [0, 0.1) is 5.41 Å². The van der Waals surface area contributed by atoms with E-state index in [9.17, 15) is 9.90 Å². The van der Waals surface area contributed by atoms with Crippen LogP contribution in [0.5, 0.6) is 0 Å². The highest BCUT2D eigenvalue weighted by molar-refractivity contribution is 5.79. The van der Waals surface area contributed by atoms with Crippen molar-refractivity contribution >= 4 is 5.97 Å². The minimum atomic E-state index is -0.676. The van der Waals surface area contributed by atoms with Crippen LogP contribution in [-0.2, 0) is 11.2 Å². The topological polar surface area (TPSA) is 50.4 Å². The fourth-order valence-electron chi connectivity index (χ4n) is 2.36. The van der Waals surface area contributed by atoms with E-state index in [2.05, 4.69) is 0 Å². The van der Waals surface area contributed by atoms with Gasteiger partial charge in [-0.25, -0.2) is 0 Å². The molecule has 1 aliphatic carbocycles. The van der Waals surface area contributed by atoms with E-state index in [1.165, 1.54) is 0 Å². The Hall–Kier alpha value is -2.03. The molecule has 0 atom stereocenters. The van der Waals surface area contributed by atoms with Crippen LogP contribution < -0.4 is 0 Å². The first-order chi connectivity index (χ1) is 8.71. The van der Waals surface area contributed by atoms with Crippen molar-refractivity contribution in [3.8, 4) is 11.1 Å². The molecule has 0 spiro atoms. The minimum Gasteiger partial charge on any atom is -0.481 e. The smallest absolute Gasteiger partial charge is 0.309 e. The molecular weight excluding hydrogens is 228 g/mol. The highest BCUT2D eigenvalue weighted by Crippen LogP contribution is 2.49. The molecule has 0 radical (unpaired) electrons. The molecule has 3 heteroatoms. The van der Waals surface area contributed by atoms with Crippen LogP contribution in [0.15, 0.2) is 47.3 Å². The van der Waals surface area contributed by atoms with Gasteiger partial charge in [-0.2, -0.15) is 0 Å². The predicted molar refractivity (Wildman–Crippen MR) is 67.2 cm³/mol. The second kappa shape index (κ2) is 4.02. The number of furan rings is 1. The highest BCUT2D eigenvalue weighted by Gasteiger charge is 2.50. The van der Waals surface area contributed by atoms with Crippen molar-refractivity contribution in [2.45, 2.75) is 19.3 Å². The van der Waals surface area contributed by atoms with E-state index in [4.69, 9.17) is 4.42 Å². The fourth-order valence-corrected chi connectivity index (χ4v) is 2.36. The van der Waals surface area contributed by atoms with Crippen LogP contribution >= 0.6 is 0 Å². The maximum absolute atomic E-state index is 11.3. The van der Waals surface area contributed by atoms with Crippen molar-refractivity contribution in [1.82, 2.24) is 0 Å². The summed E-state index contributed by atoms with van der Waals surface area (Å²) in [4.78, 5) is 11.3. The van der Waals surface area contributed by atoms with Crippen LogP contribution in [0.2, 0.25) is 0 Å². The molecule has 0 bridgehead atoms. The molecule has 1 saturated carbocycles. The molecule has 92 valence electrons. The zero-order valence-electron chi connectivity index (χ0n) is 9.93. The molecule has 0 amide bonds. The molecule has 1 aromatic heterocycles. The molecule has 0 aliphatic heterocycles. The van der Waals surface area contributed by atoms with Crippen LogP contribution in [-0.4, -0.2) is 11.1 Å². The summed E-state index contributed by atoms with van der Waals surface area (Å²) in [6, 6.07) is 9.84. The molecule has 0 unspecified atom stereocenters. The third kappa shape index (κ3) is 1.82. The summed E-state index contributed by atoms with van der Waals surface area (Å²) in [6.45, 7) is 0. The fraction of sp³-hybridized carbons (Fsp3) is 0.267. The number of rotatable bonds is 4. The van der Waals surface area contributed by atoms with Crippen molar-refractivity contribution in [3.63, 3.8) is 0 Å². The molecule has 1 aliphatic rings. The first-order valence-corrected chi connectivity index (χ1v) is 6.05. The molecule has 1 aromatic carbocycles. The first-order valence-electron chi connectivity index (χ1n) is 6.05. The normalized spacial score (nSPS) is 16.4. The van der Waals surface area contributed by atoms with E-state index < -0.39 is 11.4 Å². The van der Waals surface area contributed by atoms with Crippen LogP contribution in [0.1, 0.15) is 18.4 Å². The van der Waals surface area contributed by atoms with Crippen LogP contribution in [0.3, 0.4) is 0 Å². The third-order valence-corrected chi connectivity index (χ3v) is 3.69. The molecular formula is C15H14O3. The second-order valence-electron chi connectivity index (χ2n) is 4.93. The van der Waals surface area contributed by atoms with Gasteiger partial charge in [-0.3, -0.25) is 4.79 Å². The van der Waals surface area contributed by atoms with Crippen molar-refractivity contribution < 1.29 is 14.3 Å². The van der Waals surface area contributed by atoms with Gasteiger partial charge in [0.15, 0.2) is 0 Å². The Balaban J connectivity index is 1.96. The van der Waals surface area contributed by atoms with E-state index in [0.29, 0.717) is 6.42 Å². The number of hydrogen-bond donors (Lipinski definition) is 1. The van der Waals surface area contributed by atoms with Gasteiger partial charge in [0, 0.05) is 5.56 Å². The average molecular weight is 242 g/mol. The van der Waals surface area contributed by atoms with E-state index in [1.807, 2.05) is 30.3 Å². The Kier molecular flexibility index (Phi) is 2.47. The van der Waals surface area contributed by atoms with E-state index in [-0.39, 0.29) is 0 Å². The Labute approximate surface area is 105 Å². The van der Waals surface area contributed by atoms with Gasteiger partial charge in [-0.1, -0.05) is 24.3 Å². The molecule has 2 aromatic rings. The maximum Gasteiger partial charge on any atom is 0.309 e. The quantitative estimate of drug-likeness (QED) is 0.894. The lowest BCUT2D eigenvalue weighted by Gasteiger charge is -2.13. The maximum atomic E-state index is 11.3. The van der Waals surface area contributed by atoms with Gasteiger partial charge in [0.25, 0.3) is 0 Å². The molecule has 3 nitrogen and oxygen atoms in total. The summed E-state index contributed by atoms with van der Waals surface area (Å²) in [6.07, 6.45) is 5.49. The number of carbonyl (C=O) groups is 1. The second-order valence-corrected chi connectivity index (χ2v) is 4.93. The van der Waals surface area contributed by atoms with Gasteiger partial charge in [-0.15, -0.1) is 0 Å². The summed E-state index contributed by atoms with van der Waals surface area (Å²) < 4.78 is 5.10. The zero-order chi connectivity index (χ0) is 12.6. The molecule has 18 heavy (non-hydrogen) atoms. The van der Waals surface area contributed by atoms with E-state index in [0.717, 1.165) is 29.5 Å². The Morgan fingerprint density at radius 2 is 2.06 bits per heavy atom. The Bertz CT molecular complexity index is 565. The summed E-state index contributed by atoms with van der Waals surface area (Å²) in [5, 5.41) is 9.27. The number of carboxylic acids is 1. The SMILES string of the molecule is O=C(O)C1(Cc2ccccc2-c2ccoc2)CC1. The summed E-state index contributed by atoms with van der Waals surface area (Å²) in [5.74, 6) is -0.676. The van der Waals surface area contributed by atoms with Gasteiger partial charge >= 0.3 is 5.97 Å². The lowest BCUT2D eigenvalue weighted by molar-refractivity contribution is -0.143. The Morgan fingerprint density at radius 1 is 1.28 bits per heavy atom. The number of benzene rings is 1. The lowest BCUT2D eigenvalue weighted by Crippen LogP contribution is -2.17. The standard InChI is InChI=1S/C15H14O3/c16-14(17)15(6-7-15)9-11-3-1-2-4-13(11)12-5-8-18-10-12/h1-5,8,10H,6-7,9H2,(H,16,17). The van der Waals surface area contributed by atoms with Gasteiger partial charge in [-0.05, 0) is 36.5 Å². The number of hydrogen-bond acceptors (Lipinski definition) is 2. The molecule has 1 fully saturated rings. The molecule has 1 heterocycles. The van der Waals surface area contributed by atoms with E-state index >= 15 is 0 Å². The van der Waals surface area contributed by atoms with Gasteiger partial charge in [0.05, 0.1) is 17.9 Å². The summed E-state index contributed by atoms with van der Waals surface area (Å²) >= 11 is 0. The number of carboxylic acid groups (broad SMARTS) is 1. The molecule has 3 rings (SSSR count). The van der Waals surface area contributed by atoms with Crippen molar-refractivity contribution in [3.05, 3.63) is 48.4 Å². The van der Waals surface area contributed by atoms with Crippen LogP contribution in [0.4, 0.5) is 0 Å². The van der Waals surface area contributed by atoms with Crippen molar-refractivity contribution in [2.75, 3.05) is 0 Å². The lowest BCUT2D eigenvalue weighted by atomic mass is 9.91. The first kappa shape index (κ1) is 11.1. The average Bonchev–Trinajstić information content (AvgIpc) is 2.96. The molecule has 0 saturated heterocycles. The van der Waals surface area contributed by atoms with Crippen LogP contribution in [0.25, 0.3) is 11.1 Å². The van der Waals surface area contributed by atoms with Gasteiger partial charge in [0.2, 0.25) is 0 Å².